The molecule has 6 heterocycles. The van der Waals surface area contributed by atoms with Crippen molar-refractivity contribution in [2.75, 3.05) is 4.90 Å². The molecule has 7 aromatic carbocycles. The van der Waals surface area contributed by atoms with Crippen LogP contribution in [0.2, 0.25) is 0 Å². The van der Waals surface area contributed by atoms with Gasteiger partial charge in [-0.25, -0.2) is 29.9 Å². The van der Waals surface area contributed by atoms with Crippen molar-refractivity contribution in [1.82, 2.24) is 48.2 Å². The zero-order valence-electron chi connectivity index (χ0n) is 41.3. The van der Waals surface area contributed by atoms with Gasteiger partial charge in [0, 0.05) is 75.1 Å². The van der Waals surface area contributed by atoms with Crippen molar-refractivity contribution in [2.45, 2.75) is 0 Å². The predicted molar refractivity (Wildman–Crippen MR) is 297 cm³/mol. The maximum atomic E-state index is 6.71. The van der Waals surface area contributed by atoms with E-state index < -0.39 is 0 Å². The van der Waals surface area contributed by atoms with Crippen molar-refractivity contribution in [3.8, 4) is 81.4 Å². The van der Waals surface area contributed by atoms with Crippen LogP contribution in [0.4, 0.5) is 17.1 Å². The number of rotatable bonds is 11. The number of fused-ring (bicyclic) bond motifs is 4. The second kappa shape index (κ2) is 18.1. The largest absolute Gasteiger partial charge is 0.457 e. The molecule has 0 atom stereocenters. The minimum absolute atomic E-state index is 0.592. The van der Waals surface area contributed by atoms with Crippen LogP contribution in [0.25, 0.3) is 90.2 Å². The maximum Gasteiger partial charge on any atom is 0.159 e. The van der Waals surface area contributed by atoms with Crippen molar-refractivity contribution in [3.05, 3.63) is 200 Å². The molecular weight excluding hydrogens is 931 g/mol. The van der Waals surface area contributed by atoms with Crippen molar-refractivity contribution < 1.29 is 9.47 Å². The van der Waals surface area contributed by atoms with E-state index >= 15 is 0 Å². The van der Waals surface area contributed by atoms with Gasteiger partial charge in [0.2, 0.25) is 0 Å². The molecule has 13 rings (SSSR count). The fourth-order valence-electron chi connectivity index (χ4n) is 9.84. The molecule has 360 valence electrons. The van der Waals surface area contributed by atoms with Crippen molar-refractivity contribution in [1.29, 1.82) is 0 Å². The first-order chi connectivity index (χ1) is 36.7. The van der Waals surface area contributed by atoms with Crippen LogP contribution in [0.5, 0.6) is 23.0 Å². The van der Waals surface area contributed by atoms with Gasteiger partial charge in [0.25, 0.3) is 0 Å². The summed E-state index contributed by atoms with van der Waals surface area (Å²) in [6, 6.07) is 63.9. The van der Waals surface area contributed by atoms with Crippen LogP contribution >= 0.6 is 0 Å². The molecule has 0 radical (unpaired) electrons. The zero-order valence-corrected chi connectivity index (χ0v) is 41.3. The van der Waals surface area contributed by atoms with Crippen LogP contribution in [-0.4, -0.2) is 48.2 Å². The summed E-state index contributed by atoms with van der Waals surface area (Å²) >= 11 is 0. The Kier molecular flexibility index (Phi) is 10.7. The smallest absolute Gasteiger partial charge is 0.159 e. The molecule has 0 spiro atoms. The molecule has 0 bridgehead atoms. The van der Waals surface area contributed by atoms with E-state index in [1.54, 1.807) is 0 Å². The van der Waals surface area contributed by atoms with Gasteiger partial charge in [0.1, 0.15) is 45.8 Å². The Morgan fingerprint density at radius 2 is 0.627 bits per heavy atom. The highest BCUT2D eigenvalue weighted by molar-refractivity contribution is 5.85. The summed E-state index contributed by atoms with van der Waals surface area (Å²) in [6.07, 6.45) is 5.81. The third kappa shape index (κ3) is 8.03. The highest BCUT2D eigenvalue weighted by Gasteiger charge is 2.21. The van der Waals surface area contributed by atoms with E-state index in [4.69, 9.17) is 45.8 Å². The molecule has 0 aliphatic heterocycles. The number of imidazole rings is 4. The molecule has 0 saturated heterocycles. The van der Waals surface area contributed by atoms with Gasteiger partial charge < -0.3 is 32.6 Å². The van der Waals surface area contributed by atoms with E-state index in [0.29, 0.717) is 69.1 Å². The number of anilines is 3. The van der Waals surface area contributed by atoms with E-state index in [2.05, 4.69) is 53.4 Å². The lowest BCUT2D eigenvalue weighted by Gasteiger charge is -2.26. The molecule has 0 amide bonds. The molecule has 13 heteroatoms. The van der Waals surface area contributed by atoms with E-state index in [9.17, 15) is 0 Å². The third-order valence-corrected chi connectivity index (χ3v) is 13.6. The van der Waals surface area contributed by atoms with Gasteiger partial charge in [-0.2, -0.15) is 0 Å². The van der Waals surface area contributed by atoms with Gasteiger partial charge in [-0.05, 0) is 121 Å². The van der Waals surface area contributed by atoms with Gasteiger partial charge in [-0.15, -0.1) is 6.42 Å². The Morgan fingerprint density at radius 3 is 0.907 bits per heavy atom. The minimum Gasteiger partial charge on any atom is -0.457 e. The summed E-state index contributed by atoms with van der Waals surface area (Å²) in [4.78, 5) is 32.4. The molecule has 0 aliphatic carbocycles. The Balaban J connectivity index is 0.836. The fourth-order valence-corrected chi connectivity index (χ4v) is 9.84. The SMILES string of the molecule is C#Cc1ccc(N(c2ccc(Oc3cc(-c4nc5ccccc5n4C)nc(-c4nc5ccccc5n4C)c3)cc2)c2ccc(Oc3cc(-c4nc5ccccc5n4C)nc(-c4nc5ccccc5n4C)c3)cc2)cc1. The van der Waals surface area contributed by atoms with Crippen molar-refractivity contribution in [3.63, 3.8) is 0 Å². The zero-order chi connectivity index (χ0) is 50.7. The highest BCUT2D eigenvalue weighted by Crippen LogP contribution is 2.40. The molecule has 13 nitrogen and oxygen atoms in total. The number of aromatic nitrogens is 10. The van der Waals surface area contributed by atoms with E-state index in [0.717, 1.165) is 66.8 Å². The molecule has 6 aromatic heterocycles. The van der Waals surface area contributed by atoms with Crippen LogP contribution in [0.15, 0.2) is 194 Å². The Bertz CT molecular complexity index is 3920. The van der Waals surface area contributed by atoms with E-state index in [1.807, 2.05) is 198 Å². The maximum absolute atomic E-state index is 6.71. The van der Waals surface area contributed by atoms with Crippen LogP contribution in [-0.2, 0) is 28.2 Å². The average Bonchev–Trinajstić information content (AvgIpc) is 4.21. The summed E-state index contributed by atoms with van der Waals surface area (Å²) in [6.45, 7) is 0. The predicted octanol–water partition coefficient (Wildman–Crippen LogP) is 13.7. The third-order valence-electron chi connectivity index (χ3n) is 13.6. The number of hydrogen-bond donors (Lipinski definition) is 0. The molecule has 75 heavy (non-hydrogen) atoms. The second-order valence-corrected chi connectivity index (χ2v) is 18.3. The molecular formula is C62H45N11O2. The first-order valence-corrected chi connectivity index (χ1v) is 24.4. The molecule has 0 saturated carbocycles. The Morgan fingerprint density at radius 1 is 0.347 bits per heavy atom. The molecule has 0 unspecified atom stereocenters. The van der Waals surface area contributed by atoms with Crippen LogP contribution in [0, 0.1) is 12.3 Å². The quantitative estimate of drug-likeness (QED) is 0.117. The molecule has 0 aliphatic rings. The van der Waals surface area contributed by atoms with Crippen molar-refractivity contribution in [2.24, 2.45) is 28.2 Å². The number of pyridine rings is 2. The molecule has 0 N–H and O–H groups in total. The van der Waals surface area contributed by atoms with Gasteiger partial charge in [0.15, 0.2) is 23.3 Å². The second-order valence-electron chi connectivity index (χ2n) is 18.3. The Labute approximate surface area is 431 Å². The number of hydrogen-bond acceptors (Lipinski definition) is 9. The van der Waals surface area contributed by atoms with E-state index in [-0.39, 0.29) is 0 Å². The first kappa shape index (κ1) is 44.6. The summed E-state index contributed by atoms with van der Waals surface area (Å²) in [5, 5.41) is 0. The number of nitrogens with zero attached hydrogens (tertiary/aromatic N) is 11. The van der Waals surface area contributed by atoms with Gasteiger partial charge in [-0.1, -0.05) is 54.5 Å². The van der Waals surface area contributed by atoms with Crippen LogP contribution in [0.3, 0.4) is 0 Å². The van der Waals surface area contributed by atoms with E-state index in [1.165, 1.54) is 0 Å². The molecule has 13 aromatic rings. The molecule has 0 fully saturated rings. The summed E-state index contributed by atoms with van der Waals surface area (Å²) in [5.41, 5.74) is 13.7. The average molecular weight is 976 g/mol. The minimum atomic E-state index is 0.592. The van der Waals surface area contributed by atoms with Gasteiger partial charge in [-0.3, -0.25) is 0 Å². The van der Waals surface area contributed by atoms with Crippen LogP contribution < -0.4 is 14.4 Å². The fraction of sp³-hybridized carbons (Fsp3) is 0.0645. The number of terminal acetylenes is 1. The Hall–Kier alpha value is -10.3. The van der Waals surface area contributed by atoms with Crippen LogP contribution in [0.1, 0.15) is 5.56 Å². The number of benzene rings is 7. The summed E-state index contributed by atoms with van der Waals surface area (Å²) < 4.78 is 21.6. The standard InChI is InChI=1S/C62H45N11O2/c1-6-39-23-25-40(26-24-39)73(41-27-31-43(32-28-41)74-45-35-51(59-65-47-15-7-11-19-55(47)69(59)2)63-52(36-45)60-66-48-16-8-12-20-56(48)70(60)3)42-29-33-44(34-30-42)75-46-37-53(61-67-49-17-9-13-21-57(49)71(61)4)64-54(38-46)62-68-50-18-10-14-22-58(50)72(62)5/h1,7-38H,2-5H3. The number of aryl methyl sites for hydroxylation is 4. The van der Waals surface area contributed by atoms with Crippen molar-refractivity contribution >= 4 is 61.2 Å². The number of para-hydroxylation sites is 8. The van der Waals surface area contributed by atoms with Gasteiger partial charge in [0.05, 0.1) is 44.1 Å². The lowest BCUT2D eigenvalue weighted by Crippen LogP contribution is -2.09. The number of ether oxygens (including phenoxy) is 2. The topological polar surface area (TPSA) is 119 Å². The monoisotopic (exact) mass is 975 g/mol. The van der Waals surface area contributed by atoms with Gasteiger partial charge >= 0.3 is 0 Å². The summed E-state index contributed by atoms with van der Waals surface area (Å²) in [7, 11) is 8.01. The lowest BCUT2D eigenvalue weighted by molar-refractivity contribution is 0.482. The summed E-state index contributed by atoms with van der Waals surface area (Å²) in [5.74, 6) is 8.06. The lowest BCUT2D eigenvalue weighted by atomic mass is 10.1. The normalized spacial score (nSPS) is 11.5. The highest BCUT2D eigenvalue weighted by atomic mass is 16.5. The first-order valence-electron chi connectivity index (χ1n) is 24.4.